The number of para-hydroxylation sites is 2. The number of nitriles is 1. The number of aliphatic hydroxyl groups excluding tert-OH is 1. The predicted octanol–water partition coefficient (Wildman–Crippen LogP) is -0.00212. The third kappa shape index (κ3) is 2.49. The molecular formula is C14H16N2O5. The monoisotopic (exact) mass is 292 g/mol. The van der Waals surface area contributed by atoms with Crippen LogP contribution in [-0.4, -0.2) is 49.5 Å². The van der Waals surface area contributed by atoms with E-state index < -0.39 is 30.6 Å². The topological polar surface area (TPSA) is 93.0 Å². The lowest BCUT2D eigenvalue weighted by molar-refractivity contribution is -0.262. The highest BCUT2D eigenvalue weighted by Gasteiger charge is 2.48. The van der Waals surface area contributed by atoms with Crippen LogP contribution in [0.2, 0.25) is 0 Å². The quantitative estimate of drug-likeness (QED) is 0.585. The number of rotatable bonds is 2. The molecule has 2 heterocycles. The van der Waals surface area contributed by atoms with Gasteiger partial charge in [0.2, 0.25) is 0 Å². The lowest BCUT2D eigenvalue weighted by Gasteiger charge is -2.42. The van der Waals surface area contributed by atoms with E-state index in [4.69, 9.17) is 24.2 Å². The van der Waals surface area contributed by atoms with Crippen molar-refractivity contribution in [3.8, 4) is 17.7 Å². The number of methoxy groups -OCH3 is 1. The van der Waals surface area contributed by atoms with E-state index >= 15 is 0 Å². The van der Waals surface area contributed by atoms with Crippen LogP contribution in [0.3, 0.4) is 0 Å². The van der Waals surface area contributed by atoms with Crippen molar-refractivity contribution in [3.05, 3.63) is 24.3 Å². The fourth-order valence-corrected chi connectivity index (χ4v) is 2.63. The fraction of sp³-hybridized carbons (Fsp3) is 0.500. The highest BCUT2D eigenvalue weighted by atomic mass is 16.7. The van der Waals surface area contributed by atoms with Crippen LogP contribution in [0.1, 0.15) is 0 Å². The Hall–Kier alpha value is -2.01. The zero-order chi connectivity index (χ0) is 14.8. The van der Waals surface area contributed by atoms with Crippen LogP contribution >= 0.6 is 0 Å². The summed E-state index contributed by atoms with van der Waals surface area (Å²) in [4.78, 5) is 0. The lowest BCUT2D eigenvalue weighted by atomic mass is 9.96. The molecule has 0 amide bonds. The largest absolute Gasteiger partial charge is 0.487 e. The van der Waals surface area contributed by atoms with Gasteiger partial charge in [0, 0.05) is 7.11 Å². The van der Waals surface area contributed by atoms with E-state index in [1.165, 1.54) is 7.11 Å². The molecule has 0 bridgehead atoms. The average molecular weight is 292 g/mol. The molecule has 5 unspecified atom stereocenters. The Labute approximate surface area is 122 Å². The molecule has 0 saturated carbocycles. The molecule has 0 spiro atoms. The summed E-state index contributed by atoms with van der Waals surface area (Å²) in [7, 11) is 1.44. The molecule has 2 aliphatic heterocycles. The molecule has 3 rings (SSSR count). The summed E-state index contributed by atoms with van der Waals surface area (Å²) >= 11 is 0. The van der Waals surface area contributed by atoms with Gasteiger partial charge in [-0.25, -0.2) is 0 Å². The van der Waals surface area contributed by atoms with Crippen LogP contribution in [0, 0.1) is 11.5 Å². The maximum Gasteiger partial charge on any atom is 0.185 e. The number of ether oxygens (including phenoxy) is 4. The first-order chi connectivity index (χ1) is 10.2. The molecule has 1 fully saturated rings. The molecule has 7 nitrogen and oxygen atoms in total. The van der Waals surface area contributed by atoms with E-state index in [1.807, 2.05) is 18.3 Å². The summed E-state index contributed by atoms with van der Waals surface area (Å²) in [6, 6.07) is 6.59. The van der Waals surface area contributed by atoms with Gasteiger partial charge < -0.3 is 29.4 Å². The molecule has 0 aromatic heterocycles. The van der Waals surface area contributed by atoms with Crippen LogP contribution in [-0.2, 0) is 9.47 Å². The second kappa shape index (κ2) is 5.77. The SMILES string of the molecule is COC1OC2COc3ccccc3OC2C(NC#N)C1O. The Morgan fingerprint density at radius 2 is 2.14 bits per heavy atom. The van der Waals surface area contributed by atoms with Crippen LogP contribution in [0.15, 0.2) is 24.3 Å². The molecule has 0 radical (unpaired) electrons. The Kier molecular flexibility index (Phi) is 3.84. The van der Waals surface area contributed by atoms with Crippen LogP contribution in [0.4, 0.5) is 0 Å². The van der Waals surface area contributed by atoms with Gasteiger partial charge in [0.15, 0.2) is 30.1 Å². The Morgan fingerprint density at radius 1 is 1.38 bits per heavy atom. The maximum atomic E-state index is 10.3. The van der Waals surface area contributed by atoms with Gasteiger partial charge in [-0.05, 0) is 12.1 Å². The second-order valence-corrected chi connectivity index (χ2v) is 4.89. The van der Waals surface area contributed by atoms with Crippen molar-refractivity contribution in [2.24, 2.45) is 0 Å². The van der Waals surface area contributed by atoms with Crippen LogP contribution in [0.25, 0.3) is 0 Å². The van der Waals surface area contributed by atoms with E-state index in [2.05, 4.69) is 5.32 Å². The van der Waals surface area contributed by atoms with Crippen molar-refractivity contribution >= 4 is 0 Å². The van der Waals surface area contributed by atoms with Crippen molar-refractivity contribution in [1.82, 2.24) is 5.32 Å². The molecule has 21 heavy (non-hydrogen) atoms. The second-order valence-electron chi connectivity index (χ2n) is 4.89. The summed E-state index contributed by atoms with van der Waals surface area (Å²) in [5.74, 6) is 1.16. The highest BCUT2D eigenvalue weighted by Crippen LogP contribution is 2.35. The third-order valence-corrected chi connectivity index (χ3v) is 3.65. The van der Waals surface area contributed by atoms with Gasteiger partial charge in [-0.2, -0.15) is 5.26 Å². The number of aliphatic hydroxyl groups is 1. The Morgan fingerprint density at radius 3 is 2.86 bits per heavy atom. The average Bonchev–Trinajstić information content (AvgIpc) is 2.69. The summed E-state index contributed by atoms with van der Waals surface area (Å²) in [5, 5.41) is 21.7. The first kappa shape index (κ1) is 13.9. The summed E-state index contributed by atoms with van der Waals surface area (Å²) in [6.07, 6.45) is -1.04. The molecule has 1 aromatic rings. The van der Waals surface area contributed by atoms with Gasteiger partial charge in [-0.3, -0.25) is 0 Å². The molecular weight excluding hydrogens is 276 g/mol. The van der Waals surface area contributed by atoms with Gasteiger partial charge in [-0.15, -0.1) is 0 Å². The Bertz CT molecular complexity index is 546. The van der Waals surface area contributed by atoms with E-state index in [0.717, 1.165) is 0 Å². The summed E-state index contributed by atoms with van der Waals surface area (Å²) < 4.78 is 22.4. The molecule has 7 heteroatoms. The molecule has 1 saturated heterocycles. The Balaban J connectivity index is 1.91. The van der Waals surface area contributed by atoms with Crippen LogP contribution in [0.5, 0.6) is 11.5 Å². The minimum atomic E-state index is -1.03. The lowest BCUT2D eigenvalue weighted by Crippen LogP contribution is -2.64. The number of hydrogen-bond donors (Lipinski definition) is 2. The zero-order valence-corrected chi connectivity index (χ0v) is 11.4. The molecule has 2 aliphatic rings. The number of fused-ring (bicyclic) bond motifs is 2. The summed E-state index contributed by atoms with van der Waals surface area (Å²) in [6.45, 7) is 0.248. The summed E-state index contributed by atoms with van der Waals surface area (Å²) in [5.41, 5.74) is 0. The molecule has 2 N–H and O–H groups in total. The normalized spacial score (nSPS) is 34.2. The van der Waals surface area contributed by atoms with E-state index in [0.29, 0.717) is 11.5 Å². The van der Waals surface area contributed by atoms with Crippen molar-refractivity contribution in [3.63, 3.8) is 0 Å². The number of nitrogens with one attached hydrogen (secondary N) is 1. The van der Waals surface area contributed by atoms with Gasteiger partial charge in [0.1, 0.15) is 24.9 Å². The maximum absolute atomic E-state index is 10.3. The van der Waals surface area contributed by atoms with Crippen molar-refractivity contribution in [2.45, 2.75) is 30.6 Å². The molecule has 1 aromatic carbocycles. The predicted molar refractivity (Wildman–Crippen MR) is 70.6 cm³/mol. The minimum Gasteiger partial charge on any atom is -0.487 e. The van der Waals surface area contributed by atoms with Crippen molar-refractivity contribution < 1.29 is 24.1 Å². The highest BCUT2D eigenvalue weighted by molar-refractivity contribution is 5.40. The van der Waals surface area contributed by atoms with Crippen molar-refractivity contribution in [1.29, 1.82) is 5.26 Å². The molecule has 0 aliphatic carbocycles. The first-order valence-corrected chi connectivity index (χ1v) is 6.64. The van der Waals surface area contributed by atoms with Crippen molar-refractivity contribution in [2.75, 3.05) is 13.7 Å². The standard InChI is InChI=1S/C14H16N2O5/c1-18-14-12(17)11(16-7-15)13-10(21-14)6-19-8-4-2-3-5-9(8)20-13/h2-5,10-14,16-17H,6H2,1H3. The first-order valence-electron chi connectivity index (χ1n) is 6.64. The van der Waals surface area contributed by atoms with Gasteiger partial charge in [0.25, 0.3) is 0 Å². The van der Waals surface area contributed by atoms with Gasteiger partial charge in [0.05, 0.1) is 0 Å². The molecule has 112 valence electrons. The molecule has 5 atom stereocenters. The van der Waals surface area contributed by atoms with Crippen LogP contribution < -0.4 is 14.8 Å². The number of benzene rings is 1. The smallest absolute Gasteiger partial charge is 0.185 e. The van der Waals surface area contributed by atoms with Gasteiger partial charge in [-0.1, -0.05) is 12.1 Å². The minimum absolute atomic E-state index is 0.248. The van der Waals surface area contributed by atoms with E-state index in [1.54, 1.807) is 12.1 Å². The van der Waals surface area contributed by atoms with E-state index in [-0.39, 0.29) is 6.61 Å². The van der Waals surface area contributed by atoms with E-state index in [9.17, 15) is 5.11 Å². The number of nitrogens with zero attached hydrogens (tertiary/aromatic N) is 1. The third-order valence-electron chi connectivity index (χ3n) is 3.65. The zero-order valence-electron chi connectivity index (χ0n) is 11.4. The number of hydrogen-bond acceptors (Lipinski definition) is 7. The fourth-order valence-electron chi connectivity index (χ4n) is 2.63. The van der Waals surface area contributed by atoms with Gasteiger partial charge >= 0.3 is 0 Å².